The molecule has 0 spiro atoms. The van der Waals surface area contributed by atoms with Crippen molar-refractivity contribution in [1.82, 2.24) is 4.31 Å². The maximum atomic E-state index is 12.5. The molecule has 9 heteroatoms. The predicted octanol–water partition coefficient (Wildman–Crippen LogP) is 0.533. The number of aryl methyl sites for hydroxylation is 1. The van der Waals surface area contributed by atoms with Crippen molar-refractivity contribution >= 4 is 15.7 Å². The third-order valence-corrected chi connectivity index (χ3v) is 4.80. The lowest BCUT2D eigenvalue weighted by atomic mass is 10.2. The van der Waals surface area contributed by atoms with Crippen LogP contribution in [0.2, 0.25) is 0 Å². The van der Waals surface area contributed by atoms with Crippen LogP contribution in [0.15, 0.2) is 23.1 Å². The number of aliphatic hydroxyl groups excluding tert-OH is 1. The van der Waals surface area contributed by atoms with Crippen LogP contribution in [0.4, 0.5) is 5.69 Å². The summed E-state index contributed by atoms with van der Waals surface area (Å²) in [7, 11) is -2.49. The first kappa shape index (κ1) is 17.5. The van der Waals surface area contributed by atoms with Crippen LogP contribution >= 0.6 is 0 Å². The second kappa shape index (κ2) is 7.46. The molecule has 0 bridgehead atoms. The Balaban J connectivity index is 3.21. The minimum Gasteiger partial charge on any atom is -0.395 e. The highest BCUT2D eigenvalue weighted by Gasteiger charge is 2.26. The molecule has 118 valence electrons. The maximum absolute atomic E-state index is 12.5. The van der Waals surface area contributed by atoms with Crippen molar-refractivity contribution in [2.24, 2.45) is 0 Å². The van der Waals surface area contributed by atoms with Gasteiger partial charge in [0.05, 0.1) is 23.0 Å². The molecule has 0 aliphatic carbocycles. The fourth-order valence-corrected chi connectivity index (χ4v) is 3.19. The number of nitrogens with zero attached hydrogens (tertiary/aromatic N) is 2. The molecule has 21 heavy (non-hydrogen) atoms. The number of hydrogen-bond acceptors (Lipinski definition) is 6. The molecule has 0 aliphatic heterocycles. The minimum absolute atomic E-state index is 0.0566. The zero-order chi connectivity index (χ0) is 16.0. The monoisotopic (exact) mass is 318 g/mol. The van der Waals surface area contributed by atoms with Gasteiger partial charge in [-0.3, -0.25) is 10.1 Å². The Hall–Kier alpha value is -1.55. The van der Waals surface area contributed by atoms with Gasteiger partial charge in [-0.25, -0.2) is 8.42 Å². The molecule has 0 aromatic heterocycles. The lowest BCUT2D eigenvalue weighted by Crippen LogP contribution is -2.36. The Morgan fingerprint density at radius 1 is 1.38 bits per heavy atom. The van der Waals surface area contributed by atoms with Crippen LogP contribution in [0.25, 0.3) is 0 Å². The van der Waals surface area contributed by atoms with Gasteiger partial charge < -0.3 is 9.84 Å². The SMILES string of the molecule is COCCN(CCO)S(=O)(=O)c1ccc(C)c([N+](=O)[O-])c1. The van der Waals surface area contributed by atoms with Crippen molar-refractivity contribution in [2.75, 3.05) is 33.4 Å². The number of hydrogen-bond donors (Lipinski definition) is 1. The van der Waals surface area contributed by atoms with Crippen LogP contribution in [0.3, 0.4) is 0 Å². The van der Waals surface area contributed by atoms with Gasteiger partial charge >= 0.3 is 0 Å². The molecule has 0 amide bonds. The van der Waals surface area contributed by atoms with Gasteiger partial charge in [-0.15, -0.1) is 0 Å². The van der Waals surface area contributed by atoms with E-state index < -0.39 is 14.9 Å². The summed E-state index contributed by atoms with van der Waals surface area (Å²) in [4.78, 5) is 10.1. The van der Waals surface area contributed by atoms with E-state index in [2.05, 4.69) is 0 Å². The van der Waals surface area contributed by atoms with Crippen molar-refractivity contribution in [1.29, 1.82) is 0 Å². The van der Waals surface area contributed by atoms with Crippen LogP contribution in [0.5, 0.6) is 0 Å². The Labute approximate surface area is 123 Å². The number of sulfonamides is 1. The molecule has 1 aromatic rings. The van der Waals surface area contributed by atoms with Crippen LogP contribution in [-0.2, 0) is 14.8 Å². The number of methoxy groups -OCH3 is 1. The molecule has 8 nitrogen and oxygen atoms in total. The smallest absolute Gasteiger partial charge is 0.273 e. The summed E-state index contributed by atoms with van der Waals surface area (Å²) in [6.45, 7) is 1.30. The fourth-order valence-electron chi connectivity index (χ4n) is 1.75. The zero-order valence-corrected chi connectivity index (χ0v) is 12.7. The molecule has 1 N–H and O–H groups in total. The molecular weight excluding hydrogens is 300 g/mol. The molecule has 1 rings (SSSR count). The number of nitro benzene ring substituents is 1. The molecule has 0 radical (unpaired) electrons. The van der Waals surface area contributed by atoms with Crippen molar-refractivity contribution in [3.63, 3.8) is 0 Å². The maximum Gasteiger partial charge on any atom is 0.273 e. The highest BCUT2D eigenvalue weighted by molar-refractivity contribution is 7.89. The third-order valence-electron chi connectivity index (χ3n) is 2.91. The summed E-state index contributed by atoms with van der Waals surface area (Å²) < 4.78 is 30.8. The first-order valence-corrected chi connectivity index (χ1v) is 7.63. The summed E-state index contributed by atoms with van der Waals surface area (Å²) in [5.41, 5.74) is 0.122. The molecule has 0 aliphatic rings. The van der Waals surface area contributed by atoms with E-state index in [0.29, 0.717) is 5.56 Å². The normalized spacial score (nSPS) is 11.8. The quantitative estimate of drug-likeness (QED) is 0.553. The molecule has 0 unspecified atom stereocenters. The summed E-state index contributed by atoms with van der Waals surface area (Å²) in [5.74, 6) is 0. The van der Waals surface area contributed by atoms with Crippen molar-refractivity contribution in [3.8, 4) is 0 Å². The second-order valence-electron chi connectivity index (χ2n) is 4.33. The first-order valence-electron chi connectivity index (χ1n) is 6.19. The lowest BCUT2D eigenvalue weighted by molar-refractivity contribution is -0.385. The van der Waals surface area contributed by atoms with Gasteiger partial charge in [0.1, 0.15) is 0 Å². The number of benzene rings is 1. The Morgan fingerprint density at radius 2 is 2.05 bits per heavy atom. The largest absolute Gasteiger partial charge is 0.395 e. The van der Waals surface area contributed by atoms with Gasteiger partial charge in [-0.2, -0.15) is 4.31 Å². The van der Waals surface area contributed by atoms with Gasteiger partial charge in [0.15, 0.2) is 0 Å². The Morgan fingerprint density at radius 3 is 2.57 bits per heavy atom. The van der Waals surface area contributed by atoms with Crippen molar-refractivity contribution in [3.05, 3.63) is 33.9 Å². The Kier molecular flexibility index (Phi) is 6.21. The number of aliphatic hydroxyl groups is 1. The standard InChI is InChI=1S/C12H18N2O6S/c1-10-3-4-11(9-12(10)14(16)17)21(18,19)13(5-7-15)6-8-20-2/h3-4,9,15H,5-8H2,1-2H3. The first-order chi connectivity index (χ1) is 9.84. The summed E-state index contributed by atoms with van der Waals surface area (Å²) >= 11 is 0. The molecule has 0 heterocycles. The highest BCUT2D eigenvalue weighted by atomic mass is 32.2. The van der Waals surface area contributed by atoms with Crippen LogP contribution in [0.1, 0.15) is 5.56 Å². The summed E-state index contributed by atoms with van der Waals surface area (Å²) in [6.07, 6.45) is 0. The van der Waals surface area contributed by atoms with E-state index in [1.807, 2.05) is 0 Å². The van der Waals surface area contributed by atoms with Gasteiger partial charge in [-0.05, 0) is 13.0 Å². The molecule has 1 aromatic carbocycles. The molecule has 0 saturated carbocycles. The van der Waals surface area contributed by atoms with Crippen molar-refractivity contribution < 1.29 is 23.2 Å². The van der Waals surface area contributed by atoms with E-state index in [1.165, 1.54) is 26.2 Å². The Bertz CT molecular complexity index is 602. The van der Waals surface area contributed by atoms with E-state index in [-0.39, 0.29) is 36.9 Å². The number of rotatable bonds is 8. The van der Waals surface area contributed by atoms with E-state index in [9.17, 15) is 18.5 Å². The zero-order valence-electron chi connectivity index (χ0n) is 11.9. The van der Waals surface area contributed by atoms with E-state index in [1.54, 1.807) is 0 Å². The number of nitro groups is 1. The lowest BCUT2D eigenvalue weighted by Gasteiger charge is -2.20. The molecular formula is C12H18N2O6S. The minimum atomic E-state index is -3.92. The molecule has 0 atom stereocenters. The highest BCUT2D eigenvalue weighted by Crippen LogP contribution is 2.24. The summed E-state index contributed by atoms with van der Waals surface area (Å²) in [5, 5.41) is 19.9. The van der Waals surface area contributed by atoms with Crippen LogP contribution in [-0.4, -0.2) is 56.2 Å². The second-order valence-corrected chi connectivity index (χ2v) is 6.26. The van der Waals surface area contributed by atoms with Crippen LogP contribution in [0, 0.1) is 17.0 Å². The molecule has 0 fully saturated rings. The average Bonchev–Trinajstić information content (AvgIpc) is 2.43. The number of ether oxygens (including phenoxy) is 1. The topological polar surface area (TPSA) is 110 Å². The van der Waals surface area contributed by atoms with E-state index in [0.717, 1.165) is 10.4 Å². The van der Waals surface area contributed by atoms with Gasteiger partial charge in [0.25, 0.3) is 5.69 Å². The van der Waals surface area contributed by atoms with Crippen LogP contribution < -0.4 is 0 Å². The summed E-state index contributed by atoms with van der Waals surface area (Å²) in [6, 6.07) is 3.73. The van der Waals surface area contributed by atoms with Gasteiger partial charge in [0, 0.05) is 31.8 Å². The fraction of sp³-hybridized carbons (Fsp3) is 0.500. The van der Waals surface area contributed by atoms with Crippen molar-refractivity contribution in [2.45, 2.75) is 11.8 Å². The van der Waals surface area contributed by atoms with Gasteiger partial charge in [-0.1, -0.05) is 6.07 Å². The molecule has 0 saturated heterocycles. The van der Waals surface area contributed by atoms with E-state index >= 15 is 0 Å². The van der Waals surface area contributed by atoms with E-state index in [4.69, 9.17) is 9.84 Å². The predicted molar refractivity (Wildman–Crippen MR) is 75.6 cm³/mol. The van der Waals surface area contributed by atoms with Gasteiger partial charge in [0.2, 0.25) is 10.0 Å². The third kappa shape index (κ3) is 4.21. The average molecular weight is 318 g/mol.